The zero-order valence-electron chi connectivity index (χ0n) is 19.1. The Morgan fingerprint density at radius 3 is 2.21 bits per heavy atom. The highest BCUT2D eigenvalue weighted by Crippen LogP contribution is 2.26. The Hall–Kier alpha value is -3.61. The summed E-state index contributed by atoms with van der Waals surface area (Å²) in [7, 11) is 0. The maximum atomic E-state index is 13.3. The van der Waals surface area contributed by atoms with Crippen LogP contribution in [0.1, 0.15) is 48.4 Å². The molecule has 1 aromatic heterocycles. The monoisotopic (exact) mass is 446 g/mol. The van der Waals surface area contributed by atoms with E-state index in [2.05, 4.69) is 63.5 Å². The molecule has 0 aliphatic heterocycles. The highest BCUT2D eigenvalue weighted by molar-refractivity contribution is 5.76. The first kappa shape index (κ1) is 24.0. The Bertz CT molecular complexity index is 929. The third-order valence-electron chi connectivity index (χ3n) is 5.71. The molecule has 7 nitrogen and oxygen atoms in total. The third-order valence-corrected chi connectivity index (χ3v) is 5.71. The first-order valence-corrected chi connectivity index (χ1v) is 11.5. The summed E-state index contributed by atoms with van der Waals surface area (Å²) in [6, 6.07) is 20.8. The second-order valence-corrected chi connectivity index (χ2v) is 8.16. The molecule has 0 unspecified atom stereocenters. The summed E-state index contributed by atoms with van der Waals surface area (Å²) in [5.41, 5.74) is 14.2. The molecule has 1 heterocycles. The number of benzene rings is 2. The van der Waals surface area contributed by atoms with Crippen molar-refractivity contribution in [2.75, 3.05) is 19.6 Å². The van der Waals surface area contributed by atoms with E-state index in [1.165, 1.54) is 11.1 Å². The van der Waals surface area contributed by atoms with Crippen LogP contribution in [0.25, 0.3) is 0 Å². The van der Waals surface area contributed by atoms with Gasteiger partial charge < -0.3 is 21.4 Å². The summed E-state index contributed by atoms with van der Waals surface area (Å²) in [5, 5.41) is 0. The minimum absolute atomic E-state index is 0.111. The number of carbonyl (C=O) groups excluding carboxylic acids is 1. The van der Waals surface area contributed by atoms with Crippen LogP contribution in [0.5, 0.6) is 0 Å². The molecule has 7 heteroatoms. The number of guanidine groups is 1. The summed E-state index contributed by atoms with van der Waals surface area (Å²) in [4.78, 5) is 26.5. The van der Waals surface area contributed by atoms with Gasteiger partial charge in [-0.2, -0.15) is 0 Å². The third kappa shape index (κ3) is 8.11. The maximum absolute atomic E-state index is 13.3. The van der Waals surface area contributed by atoms with Crippen molar-refractivity contribution in [2.45, 2.75) is 38.0 Å². The zero-order chi connectivity index (χ0) is 23.3. The van der Waals surface area contributed by atoms with E-state index in [0.717, 1.165) is 31.4 Å². The van der Waals surface area contributed by atoms with Gasteiger partial charge in [-0.15, -0.1) is 0 Å². The van der Waals surface area contributed by atoms with Gasteiger partial charge in [-0.25, -0.2) is 4.98 Å². The van der Waals surface area contributed by atoms with Gasteiger partial charge >= 0.3 is 0 Å². The molecule has 0 aliphatic rings. The van der Waals surface area contributed by atoms with Crippen LogP contribution in [0.4, 0.5) is 0 Å². The number of aromatic nitrogens is 2. The van der Waals surface area contributed by atoms with Gasteiger partial charge in [0.1, 0.15) is 0 Å². The molecule has 0 radical (unpaired) electrons. The summed E-state index contributed by atoms with van der Waals surface area (Å²) < 4.78 is 0. The first-order valence-electron chi connectivity index (χ1n) is 11.5. The molecule has 0 fully saturated rings. The lowest BCUT2D eigenvalue weighted by Gasteiger charge is -2.28. The Morgan fingerprint density at radius 2 is 1.64 bits per heavy atom. The number of aliphatic imine (C=N–C) groups is 1. The summed E-state index contributed by atoms with van der Waals surface area (Å²) in [6.45, 7) is 1.88. The molecule has 33 heavy (non-hydrogen) atoms. The lowest BCUT2D eigenvalue weighted by atomic mass is 9.90. The molecule has 174 valence electrons. The van der Waals surface area contributed by atoms with Gasteiger partial charge in [-0.1, -0.05) is 67.1 Å². The van der Waals surface area contributed by atoms with Crippen LogP contribution >= 0.6 is 0 Å². The van der Waals surface area contributed by atoms with Gasteiger partial charge in [0, 0.05) is 50.3 Å². The van der Waals surface area contributed by atoms with Crippen molar-refractivity contribution in [3.63, 3.8) is 0 Å². The number of unbranched alkanes of at least 4 members (excludes halogenated alkanes) is 2. The summed E-state index contributed by atoms with van der Waals surface area (Å²) in [5.74, 6) is 0.400. The highest BCUT2D eigenvalue weighted by atomic mass is 16.2. The predicted octanol–water partition coefficient (Wildman–Crippen LogP) is 3.45. The summed E-state index contributed by atoms with van der Waals surface area (Å²) >= 11 is 0. The topological polar surface area (TPSA) is 113 Å². The van der Waals surface area contributed by atoms with Gasteiger partial charge in [-0.05, 0) is 24.0 Å². The van der Waals surface area contributed by atoms with Crippen LogP contribution in [0.15, 0.2) is 78.2 Å². The van der Waals surface area contributed by atoms with Gasteiger partial charge in [-0.3, -0.25) is 9.79 Å². The van der Waals surface area contributed by atoms with Crippen LogP contribution < -0.4 is 11.5 Å². The number of hydrogen-bond donors (Lipinski definition) is 3. The van der Waals surface area contributed by atoms with E-state index in [0.29, 0.717) is 26.1 Å². The molecule has 3 rings (SSSR count). The lowest BCUT2D eigenvalue weighted by Crippen LogP contribution is -2.36. The van der Waals surface area contributed by atoms with Crippen LogP contribution in [0, 0.1) is 0 Å². The second-order valence-electron chi connectivity index (χ2n) is 8.16. The van der Waals surface area contributed by atoms with Gasteiger partial charge in [0.15, 0.2) is 5.96 Å². The maximum Gasteiger partial charge on any atom is 0.222 e. The minimum atomic E-state index is 0.111. The first-order chi connectivity index (χ1) is 16.1. The molecule has 0 saturated heterocycles. The molecule has 0 aliphatic carbocycles. The zero-order valence-corrected chi connectivity index (χ0v) is 19.1. The number of aromatic amines is 1. The van der Waals surface area contributed by atoms with Crippen molar-refractivity contribution in [3.05, 3.63) is 90.0 Å². The fourth-order valence-electron chi connectivity index (χ4n) is 3.92. The molecule has 0 bridgehead atoms. The quantitative estimate of drug-likeness (QED) is 0.212. The van der Waals surface area contributed by atoms with Crippen molar-refractivity contribution >= 4 is 11.9 Å². The van der Waals surface area contributed by atoms with Gasteiger partial charge in [0.25, 0.3) is 0 Å². The highest BCUT2D eigenvalue weighted by Gasteiger charge is 2.21. The predicted molar refractivity (Wildman–Crippen MR) is 133 cm³/mol. The molecule has 5 N–H and O–H groups in total. The molecule has 1 amide bonds. The van der Waals surface area contributed by atoms with E-state index >= 15 is 0 Å². The van der Waals surface area contributed by atoms with Crippen LogP contribution in [-0.4, -0.2) is 46.4 Å². The number of imidazole rings is 1. The molecule has 3 aromatic rings. The Kier molecular flexibility index (Phi) is 9.51. The lowest BCUT2D eigenvalue weighted by molar-refractivity contribution is -0.131. The Labute approximate surface area is 195 Å². The van der Waals surface area contributed by atoms with Crippen molar-refractivity contribution in [1.29, 1.82) is 0 Å². The molecular weight excluding hydrogens is 412 g/mol. The van der Waals surface area contributed by atoms with E-state index in [-0.39, 0.29) is 17.8 Å². The largest absolute Gasteiger partial charge is 0.370 e. The van der Waals surface area contributed by atoms with Crippen molar-refractivity contribution in [3.8, 4) is 0 Å². The van der Waals surface area contributed by atoms with Crippen molar-refractivity contribution in [1.82, 2.24) is 14.9 Å². The van der Waals surface area contributed by atoms with Crippen molar-refractivity contribution in [2.24, 2.45) is 16.5 Å². The number of nitrogens with one attached hydrogen (secondary N) is 1. The second kappa shape index (κ2) is 13.1. The number of H-pyrrole nitrogens is 1. The molecular formula is C26H34N6O. The number of carbonyl (C=O) groups is 1. The van der Waals surface area contributed by atoms with E-state index < -0.39 is 0 Å². The molecule has 0 atom stereocenters. The van der Waals surface area contributed by atoms with Gasteiger partial charge in [0.05, 0.1) is 6.33 Å². The number of hydrogen-bond acceptors (Lipinski definition) is 3. The molecule has 0 saturated carbocycles. The Morgan fingerprint density at radius 1 is 0.970 bits per heavy atom. The minimum Gasteiger partial charge on any atom is -0.370 e. The van der Waals surface area contributed by atoms with Crippen LogP contribution in [-0.2, 0) is 11.2 Å². The smallest absolute Gasteiger partial charge is 0.222 e. The molecule has 0 spiro atoms. The fraction of sp³-hybridized carbons (Fsp3) is 0.346. The van der Waals surface area contributed by atoms with E-state index in [1.54, 1.807) is 6.33 Å². The number of nitrogens with zero attached hydrogens (tertiary/aromatic N) is 3. The normalized spacial score (nSPS) is 10.8. The Balaban J connectivity index is 1.69. The van der Waals surface area contributed by atoms with E-state index in [1.807, 2.05) is 23.2 Å². The number of nitrogens with two attached hydrogens (primary N) is 2. The number of amides is 1. The van der Waals surface area contributed by atoms with Crippen LogP contribution in [0.2, 0.25) is 0 Å². The van der Waals surface area contributed by atoms with Gasteiger partial charge in [0.2, 0.25) is 5.91 Å². The van der Waals surface area contributed by atoms with E-state index in [4.69, 9.17) is 11.5 Å². The SMILES string of the molecule is NC(N)=NCCCCCC(=O)N(CCc1cnc[nH]1)CC(c1ccccc1)c1ccccc1. The number of rotatable bonds is 13. The average Bonchev–Trinajstić information content (AvgIpc) is 3.36. The standard InChI is InChI=1S/C26H34N6O/c27-26(28)30-16-9-3-8-14-25(33)32(17-15-23-18-29-20-31-23)19-24(21-10-4-1-5-11-21)22-12-6-2-7-13-22/h1-2,4-7,10-13,18,20,24H,3,8-9,14-17,19H2,(H,29,31)(H4,27,28,30). The fourth-order valence-corrected chi connectivity index (χ4v) is 3.92. The van der Waals surface area contributed by atoms with Crippen LogP contribution in [0.3, 0.4) is 0 Å². The van der Waals surface area contributed by atoms with Crippen molar-refractivity contribution < 1.29 is 4.79 Å². The molecule has 2 aromatic carbocycles. The van der Waals surface area contributed by atoms with E-state index in [9.17, 15) is 4.79 Å². The average molecular weight is 447 g/mol. The summed E-state index contributed by atoms with van der Waals surface area (Å²) in [6.07, 6.45) is 7.36.